The molecule has 0 radical (unpaired) electrons. The van der Waals surface area contributed by atoms with Crippen LogP contribution in [-0.2, 0) is 25.7 Å². The fraction of sp³-hybridized carbons (Fsp3) is 0.625. The van der Waals surface area contributed by atoms with Gasteiger partial charge in [-0.3, -0.25) is 0 Å². The first kappa shape index (κ1) is 24.3. The van der Waals surface area contributed by atoms with Crippen LogP contribution in [0.15, 0.2) is 28.2 Å². The fourth-order valence-electron chi connectivity index (χ4n) is 3.04. The first-order valence-electron chi connectivity index (χ1n) is 8.75. The van der Waals surface area contributed by atoms with Gasteiger partial charge in [0.05, 0.1) is 12.9 Å². The third-order valence-corrected chi connectivity index (χ3v) is 7.17. The highest BCUT2D eigenvalue weighted by molar-refractivity contribution is 7.90. The van der Waals surface area contributed by atoms with Crippen molar-refractivity contribution in [2.45, 2.75) is 30.0 Å². The van der Waals surface area contributed by atoms with Gasteiger partial charge in [-0.1, -0.05) is 6.07 Å². The summed E-state index contributed by atoms with van der Waals surface area (Å²) >= 11 is 0. The zero-order valence-corrected chi connectivity index (χ0v) is 17.8. The summed E-state index contributed by atoms with van der Waals surface area (Å²) in [7, 11) is -7.29. The molecule has 168 valence electrons. The molecule has 1 aromatic carbocycles. The summed E-state index contributed by atoms with van der Waals surface area (Å²) in [6.07, 6.45) is -0.804. The lowest BCUT2D eigenvalue weighted by molar-refractivity contribution is -0.0345. The Morgan fingerprint density at radius 1 is 1.27 bits per heavy atom. The van der Waals surface area contributed by atoms with Crippen LogP contribution in [0.4, 0.5) is 13.2 Å². The van der Waals surface area contributed by atoms with Gasteiger partial charge in [0.25, 0.3) is 12.2 Å². The molecule has 1 saturated heterocycles. The fourth-order valence-corrected chi connectivity index (χ4v) is 4.75. The zero-order chi connectivity index (χ0) is 22.7. The second kappa shape index (κ2) is 9.00. The Morgan fingerprint density at radius 3 is 2.33 bits per heavy atom. The summed E-state index contributed by atoms with van der Waals surface area (Å²) in [4.78, 5) is 1.56. The van der Waals surface area contributed by atoms with Crippen LogP contribution in [-0.4, -0.2) is 59.8 Å². The number of nitrogens with zero attached hydrogens (tertiary/aromatic N) is 4. The van der Waals surface area contributed by atoms with Gasteiger partial charge in [-0.2, -0.15) is 0 Å². The van der Waals surface area contributed by atoms with E-state index in [0.717, 1.165) is 24.6 Å². The summed E-state index contributed by atoms with van der Waals surface area (Å²) < 4.78 is 94.9. The SMILES string of the molecule is CS(=O)(=O)c1cc(C(F)(N=[N+]=[N-])C(F)F)ccc1OCC1CCN(S(C)(=O)=O)CC1. The van der Waals surface area contributed by atoms with E-state index in [-0.39, 0.29) is 18.3 Å². The molecule has 1 heterocycles. The van der Waals surface area contributed by atoms with E-state index < -0.39 is 42.5 Å². The molecule has 1 fully saturated rings. The van der Waals surface area contributed by atoms with Gasteiger partial charge in [-0.05, 0) is 41.5 Å². The minimum atomic E-state index is -4.00. The van der Waals surface area contributed by atoms with Crippen LogP contribution in [0.25, 0.3) is 10.4 Å². The van der Waals surface area contributed by atoms with Crippen molar-refractivity contribution < 1.29 is 34.7 Å². The van der Waals surface area contributed by atoms with E-state index in [1.54, 1.807) is 0 Å². The van der Waals surface area contributed by atoms with Crippen molar-refractivity contribution >= 4 is 19.9 Å². The molecule has 1 aliphatic rings. The molecule has 1 aliphatic heterocycles. The average Bonchev–Trinajstić information content (AvgIpc) is 2.65. The van der Waals surface area contributed by atoms with Crippen LogP contribution >= 0.6 is 0 Å². The van der Waals surface area contributed by atoms with Crippen molar-refractivity contribution in [3.63, 3.8) is 0 Å². The van der Waals surface area contributed by atoms with Crippen LogP contribution in [0.5, 0.6) is 5.75 Å². The van der Waals surface area contributed by atoms with Gasteiger partial charge in [0.2, 0.25) is 10.0 Å². The molecule has 9 nitrogen and oxygen atoms in total. The Balaban J connectivity index is 2.24. The van der Waals surface area contributed by atoms with Crippen molar-refractivity contribution in [3.8, 4) is 5.75 Å². The number of ether oxygens (including phenoxy) is 1. The molecule has 2 rings (SSSR count). The maximum Gasteiger partial charge on any atom is 0.282 e. The lowest BCUT2D eigenvalue weighted by Crippen LogP contribution is -2.39. The van der Waals surface area contributed by atoms with Gasteiger partial charge in [0.15, 0.2) is 9.84 Å². The Morgan fingerprint density at radius 2 is 1.87 bits per heavy atom. The van der Waals surface area contributed by atoms with E-state index in [0.29, 0.717) is 32.0 Å². The Kier molecular flexibility index (Phi) is 7.28. The Bertz CT molecular complexity index is 1040. The molecule has 0 bridgehead atoms. The topological polar surface area (TPSA) is 130 Å². The van der Waals surface area contributed by atoms with Crippen LogP contribution in [0.2, 0.25) is 0 Å². The second-order valence-corrected chi connectivity index (χ2v) is 11.0. The molecule has 0 spiro atoms. The molecular formula is C16H21F3N4O5S2. The third-order valence-electron chi connectivity index (χ3n) is 4.74. The third kappa shape index (κ3) is 5.56. The van der Waals surface area contributed by atoms with Crippen LogP contribution in [0, 0.1) is 5.92 Å². The van der Waals surface area contributed by atoms with E-state index in [1.165, 1.54) is 4.31 Å². The summed E-state index contributed by atoms with van der Waals surface area (Å²) in [6.45, 7) is 0.663. The standard InChI is InChI=1S/C16H21F3N4O5S2/c1-29(24,25)14-9-12(16(19,15(17)18)21-22-20)3-4-13(14)28-10-11-5-7-23(8-6-11)30(2,26)27/h3-4,9,11,15H,5-8,10H2,1-2H3. The number of azide groups is 1. The number of benzene rings is 1. The molecule has 0 aliphatic carbocycles. The largest absolute Gasteiger partial charge is 0.492 e. The van der Waals surface area contributed by atoms with Gasteiger partial charge >= 0.3 is 0 Å². The molecule has 0 N–H and O–H groups in total. The van der Waals surface area contributed by atoms with E-state index >= 15 is 0 Å². The normalized spacial score (nSPS) is 18.6. The van der Waals surface area contributed by atoms with Gasteiger partial charge in [-0.15, -0.1) is 0 Å². The monoisotopic (exact) mass is 470 g/mol. The molecule has 1 unspecified atom stereocenters. The minimum Gasteiger partial charge on any atom is -0.492 e. The highest BCUT2D eigenvalue weighted by Gasteiger charge is 2.42. The van der Waals surface area contributed by atoms with Crippen molar-refractivity contribution in [3.05, 3.63) is 34.2 Å². The molecule has 14 heteroatoms. The van der Waals surface area contributed by atoms with E-state index in [4.69, 9.17) is 10.3 Å². The Hall–Kier alpha value is -2.02. The quantitative estimate of drug-likeness (QED) is 0.250. The van der Waals surface area contributed by atoms with Crippen LogP contribution in [0.3, 0.4) is 0 Å². The summed E-state index contributed by atoms with van der Waals surface area (Å²) in [6, 6.07) is 2.57. The summed E-state index contributed by atoms with van der Waals surface area (Å²) in [5, 5.41) is 2.50. The number of halogens is 3. The van der Waals surface area contributed by atoms with Crippen molar-refractivity contribution in [1.29, 1.82) is 0 Å². The van der Waals surface area contributed by atoms with Gasteiger partial charge < -0.3 is 4.74 Å². The minimum absolute atomic E-state index is 0.0559. The molecule has 0 amide bonds. The number of hydrogen-bond acceptors (Lipinski definition) is 6. The maximum atomic E-state index is 14.5. The van der Waals surface area contributed by atoms with Gasteiger partial charge in [0.1, 0.15) is 10.6 Å². The predicted molar refractivity (Wildman–Crippen MR) is 102 cm³/mol. The first-order valence-corrected chi connectivity index (χ1v) is 12.5. The van der Waals surface area contributed by atoms with E-state index in [1.807, 2.05) is 0 Å². The molecule has 1 aromatic rings. The molecule has 0 saturated carbocycles. The number of piperidine rings is 1. The predicted octanol–water partition coefficient (Wildman–Crippen LogP) is 2.84. The molecule has 30 heavy (non-hydrogen) atoms. The van der Waals surface area contributed by atoms with Crippen molar-refractivity contribution in [2.24, 2.45) is 11.0 Å². The summed E-state index contributed by atoms with van der Waals surface area (Å²) in [5.41, 5.74) is 7.58. The lowest BCUT2D eigenvalue weighted by atomic mass is 9.99. The van der Waals surface area contributed by atoms with Gasteiger partial charge in [-0.25, -0.2) is 34.3 Å². The molecule has 1 atom stereocenters. The second-order valence-electron chi connectivity index (χ2n) is 7.01. The first-order chi connectivity index (χ1) is 13.8. The number of rotatable bonds is 8. The van der Waals surface area contributed by atoms with Crippen molar-refractivity contribution in [1.82, 2.24) is 4.31 Å². The number of hydrogen-bond donors (Lipinski definition) is 0. The zero-order valence-electron chi connectivity index (χ0n) is 16.2. The highest BCUT2D eigenvalue weighted by Crippen LogP contribution is 2.38. The van der Waals surface area contributed by atoms with E-state index in [2.05, 4.69) is 10.0 Å². The van der Waals surface area contributed by atoms with Crippen LogP contribution in [0.1, 0.15) is 18.4 Å². The number of sulfone groups is 1. The lowest BCUT2D eigenvalue weighted by Gasteiger charge is -2.30. The smallest absolute Gasteiger partial charge is 0.282 e. The van der Waals surface area contributed by atoms with E-state index in [9.17, 15) is 30.0 Å². The molecule has 0 aromatic heterocycles. The summed E-state index contributed by atoms with van der Waals surface area (Å²) in [5.74, 6) is -3.95. The van der Waals surface area contributed by atoms with Crippen molar-refractivity contribution in [2.75, 3.05) is 32.2 Å². The Labute approximate surface area is 172 Å². The number of sulfonamides is 1. The average molecular weight is 470 g/mol. The van der Waals surface area contributed by atoms with Crippen LogP contribution < -0.4 is 4.74 Å². The highest BCUT2D eigenvalue weighted by atomic mass is 32.2. The molecular weight excluding hydrogens is 449 g/mol. The maximum absolute atomic E-state index is 14.5. The van der Waals surface area contributed by atoms with Gasteiger partial charge in [0, 0.05) is 29.8 Å². The number of alkyl halides is 3.